The van der Waals surface area contributed by atoms with Gasteiger partial charge in [0.1, 0.15) is 5.01 Å². The standard InChI is InChI=1S/C23H28N4O3S2/c28-23(25-22-19-7-3-5-16(19)13-17-6-4-8-20(17)22)26-32(29,30)12-9-21-24-18(15-31-21)14-27-10-1-2-11-27/h9,12-13,15H,1-8,10-11,14H2,(H2,25,26,28)/b12-9+. The molecule has 9 heteroatoms. The highest BCUT2D eigenvalue weighted by Gasteiger charge is 2.25. The fraction of sp³-hybridized carbons (Fsp3) is 0.478. The second kappa shape index (κ2) is 8.96. The molecule has 2 heterocycles. The molecule has 1 fully saturated rings. The van der Waals surface area contributed by atoms with Crippen molar-refractivity contribution in [3.8, 4) is 0 Å². The number of aryl methyl sites for hydroxylation is 2. The van der Waals surface area contributed by atoms with E-state index in [1.54, 1.807) is 0 Å². The van der Waals surface area contributed by atoms with E-state index >= 15 is 0 Å². The number of hydrogen-bond donors (Lipinski definition) is 2. The van der Waals surface area contributed by atoms with Crippen LogP contribution >= 0.6 is 11.3 Å². The van der Waals surface area contributed by atoms with Crippen LogP contribution in [0.15, 0.2) is 16.9 Å². The molecular formula is C23H28N4O3S2. The molecule has 32 heavy (non-hydrogen) atoms. The number of likely N-dealkylation sites (tertiary alicyclic amines) is 1. The van der Waals surface area contributed by atoms with Crippen molar-refractivity contribution in [2.24, 2.45) is 0 Å². The van der Waals surface area contributed by atoms with E-state index in [-0.39, 0.29) is 0 Å². The summed E-state index contributed by atoms with van der Waals surface area (Å²) < 4.78 is 27.1. The lowest BCUT2D eigenvalue weighted by atomic mass is 9.99. The topological polar surface area (TPSA) is 91.4 Å². The van der Waals surface area contributed by atoms with Gasteiger partial charge in [-0.15, -0.1) is 11.3 Å². The van der Waals surface area contributed by atoms with Gasteiger partial charge in [-0.25, -0.2) is 22.9 Å². The average molecular weight is 473 g/mol. The molecule has 0 unspecified atom stereocenters. The van der Waals surface area contributed by atoms with Crippen molar-refractivity contribution in [3.05, 3.63) is 49.8 Å². The van der Waals surface area contributed by atoms with Crippen molar-refractivity contribution < 1.29 is 13.2 Å². The summed E-state index contributed by atoms with van der Waals surface area (Å²) in [5.41, 5.74) is 6.70. The molecule has 5 rings (SSSR count). The number of aromatic nitrogens is 1. The van der Waals surface area contributed by atoms with E-state index in [2.05, 4.69) is 26.0 Å². The van der Waals surface area contributed by atoms with Crippen molar-refractivity contribution in [2.75, 3.05) is 18.4 Å². The van der Waals surface area contributed by atoms with Gasteiger partial charge in [-0.2, -0.15) is 0 Å². The molecule has 0 spiro atoms. The maximum Gasteiger partial charge on any atom is 0.333 e. The van der Waals surface area contributed by atoms with E-state index in [1.807, 2.05) is 5.38 Å². The van der Waals surface area contributed by atoms with E-state index in [4.69, 9.17) is 0 Å². The minimum atomic E-state index is -3.93. The Morgan fingerprint density at radius 1 is 1.06 bits per heavy atom. The van der Waals surface area contributed by atoms with Crippen LogP contribution in [-0.4, -0.2) is 37.4 Å². The number of thiazole rings is 1. The summed E-state index contributed by atoms with van der Waals surface area (Å²) >= 11 is 1.40. The third-order valence-corrected chi connectivity index (χ3v) is 8.31. The Morgan fingerprint density at radius 2 is 1.75 bits per heavy atom. The maximum atomic E-state index is 12.6. The number of fused-ring (bicyclic) bond motifs is 2. The van der Waals surface area contributed by atoms with Gasteiger partial charge in [-0.3, -0.25) is 4.90 Å². The monoisotopic (exact) mass is 472 g/mol. The number of benzene rings is 1. The second-order valence-corrected chi connectivity index (χ2v) is 11.3. The first-order chi connectivity index (χ1) is 15.5. The summed E-state index contributed by atoms with van der Waals surface area (Å²) in [5.74, 6) is 0. The van der Waals surface area contributed by atoms with Crippen LogP contribution in [0.1, 0.15) is 58.6 Å². The molecule has 7 nitrogen and oxygen atoms in total. The van der Waals surface area contributed by atoms with Gasteiger partial charge in [-0.05, 0) is 92.8 Å². The third-order valence-electron chi connectivity index (χ3n) is 6.49. The number of anilines is 1. The Morgan fingerprint density at radius 3 is 2.44 bits per heavy atom. The lowest BCUT2D eigenvalue weighted by Crippen LogP contribution is -2.33. The maximum absolute atomic E-state index is 12.6. The van der Waals surface area contributed by atoms with E-state index < -0.39 is 16.1 Å². The number of urea groups is 1. The molecule has 2 aromatic rings. The number of carbonyl (C=O) groups excluding carboxylic acids is 1. The van der Waals surface area contributed by atoms with Crippen LogP contribution in [0.4, 0.5) is 10.5 Å². The Balaban J connectivity index is 1.24. The van der Waals surface area contributed by atoms with Crippen LogP contribution < -0.4 is 10.0 Å². The van der Waals surface area contributed by atoms with E-state index in [0.717, 1.165) is 74.9 Å². The molecule has 2 amide bonds. The van der Waals surface area contributed by atoms with Gasteiger partial charge in [0.2, 0.25) is 0 Å². The van der Waals surface area contributed by atoms with E-state index in [1.165, 1.54) is 52.5 Å². The highest BCUT2D eigenvalue weighted by molar-refractivity contribution is 7.93. The molecule has 1 aromatic heterocycles. The predicted molar refractivity (Wildman–Crippen MR) is 127 cm³/mol. The number of carbonyl (C=O) groups is 1. The molecule has 0 radical (unpaired) electrons. The van der Waals surface area contributed by atoms with Gasteiger partial charge in [-0.1, -0.05) is 6.07 Å². The Kier molecular flexibility index (Phi) is 6.05. The molecule has 2 aliphatic carbocycles. The van der Waals surface area contributed by atoms with E-state index in [9.17, 15) is 13.2 Å². The largest absolute Gasteiger partial charge is 0.333 e. The minimum absolute atomic E-state index is 0.615. The van der Waals surface area contributed by atoms with E-state index in [0.29, 0.717) is 5.01 Å². The lowest BCUT2D eigenvalue weighted by Gasteiger charge is -2.16. The lowest BCUT2D eigenvalue weighted by molar-refractivity contribution is 0.256. The average Bonchev–Trinajstić information content (AvgIpc) is 3.54. The fourth-order valence-corrected chi connectivity index (χ4v) is 6.53. The van der Waals surface area contributed by atoms with Crippen LogP contribution in [0.3, 0.4) is 0 Å². The smallest absolute Gasteiger partial charge is 0.307 e. The first kappa shape index (κ1) is 21.6. The van der Waals surface area contributed by atoms with Crippen LogP contribution in [0.25, 0.3) is 6.08 Å². The second-order valence-electron chi connectivity index (χ2n) is 8.80. The summed E-state index contributed by atoms with van der Waals surface area (Å²) in [4.78, 5) is 19.4. The molecule has 1 aliphatic heterocycles. The molecule has 2 N–H and O–H groups in total. The summed E-state index contributed by atoms with van der Waals surface area (Å²) in [6, 6.07) is 1.57. The first-order valence-electron chi connectivity index (χ1n) is 11.3. The fourth-order valence-electron chi connectivity index (χ4n) is 5.06. The number of nitrogens with zero attached hydrogens (tertiary/aromatic N) is 2. The van der Waals surface area contributed by atoms with Crippen LogP contribution in [0, 0.1) is 0 Å². The quantitative estimate of drug-likeness (QED) is 0.667. The Bertz CT molecular complexity index is 1130. The van der Waals surface area contributed by atoms with Gasteiger partial charge in [0, 0.05) is 17.6 Å². The van der Waals surface area contributed by atoms with Crippen molar-refractivity contribution in [3.63, 3.8) is 0 Å². The summed E-state index contributed by atoms with van der Waals surface area (Å²) in [7, 11) is -3.93. The number of hydrogen-bond acceptors (Lipinski definition) is 6. The summed E-state index contributed by atoms with van der Waals surface area (Å²) in [5, 5.41) is 6.45. The zero-order valence-corrected chi connectivity index (χ0v) is 19.7. The van der Waals surface area contributed by atoms with Crippen molar-refractivity contribution in [1.29, 1.82) is 0 Å². The molecule has 170 valence electrons. The highest BCUT2D eigenvalue weighted by Crippen LogP contribution is 2.38. The van der Waals surface area contributed by atoms with Crippen molar-refractivity contribution >= 4 is 39.2 Å². The number of amides is 2. The Labute approximate surface area is 193 Å². The molecule has 1 saturated heterocycles. The van der Waals surface area contributed by atoms with Gasteiger partial charge < -0.3 is 5.32 Å². The molecule has 3 aliphatic rings. The third kappa shape index (κ3) is 4.74. The van der Waals surface area contributed by atoms with Crippen LogP contribution in [0.5, 0.6) is 0 Å². The first-order valence-corrected chi connectivity index (χ1v) is 13.7. The normalized spacial score (nSPS) is 18.2. The number of nitrogens with one attached hydrogen (secondary N) is 2. The van der Waals surface area contributed by atoms with Crippen LogP contribution in [-0.2, 0) is 42.3 Å². The summed E-state index contributed by atoms with van der Waals surface area (Å²) in [6.45, 7) is 2.97. The molecule has 0 saturated carbocycles. The predicted octanol–water partition coefficient (Wildman–Crippen LogP) is 3.84. The van der Waals surface area contributed by atoms with Gasteiger partial charge in [0.25, 0.3) is 10.0 Å². The van der Waals surface area contributed by atoms with Crippen molar-refractivity contribution in [2.45, 2.75) is 57.9 Å². The summed E-state index contributed by atoms with van der Waals surface area (Å²) in [6.07, 6.45) is 9.93. The van der Waals surface area contributed by atoms with Gasteiger partial charge in [0.15, 0.2) is 0 Å². The van der Waals surface area contributed by atoms with Crippen LogP contribution in [0.2, 0.25) is 0 Å². The molecule has 0 atom stereocenters. The number of rotatable bonds is 6. The SMILES string of the molecule is O=C(Nc1c2c(cc3c1CCC3)CCC2)NS(=O)(=O)/C=C/c1nc(CN2CCCC2)cs1. The molecule has 1 aromatic carbocycles. The number of sulfonamides is 1. The zero-order chi connectivity index (χ0) is 22.1. The minimum Gasteiger partial charge on any atom is -0.307 e. The Hall–Kier alpha value is -2.23. The zero-order valence-electron chi connectivity index (χ0n) is 18.0. The van der Waals surface area contributed by atoms with Gasteiger partial charge in [0.05, 0.1) is 11.1 Å². The molecular weight excluding hydrogens is 444 g/mol. The van der Waals surface area contributed by atoms with Gasteiger partial charge >= 0.3 is 6.03 Å². The molecule has 0 bridgehead atoms. The highest BCUT2D eigenvalue weighted by atomic mass is 32.2. The van der Waals surface area contributed by atoms with Crippen molar-refractivity contribution in [1.82, 2.24) is 14.6 Å².